The molecule has 0 aromatic rings. The minimum atomic E-state index is -2.63. The number of hydrogen-bond acceptors (Lipinski definition) is 8. The second-order valence-corrected chi connectivity index (χ2v) is 6.16. The topological polar surface area (TPSA) is 111 Å². The van der Waals surface area contributed by atoms with Gasteiger partial charge in [0.2, 0.25) is 0 Å². The Morgan fingerprint density at radius 2 is 2.18 bits per heavy atom. The van der Waals surface area contributed by atoms with Crippen LogP contribution in [0.5, 0.6) is 0 Å². The lowest BCUT2D eigenvalue weighted by atomic mass is 9.85. The van der Waals surface area contributed by atoms with Crippen molar-refractivity contribution in [3.63, 3.8) is 0 Å². The van der Waals surface area contributed by atoms with Crippen LogP contribution in [0.4, 0.5) is 0 Å². The van der Waals surface area contributed by atoms with E-state index in [1.807, 2.05) is 0 Å². The highest BCUT2D eigenvalue weighted by Gasteiger charge is 2.57. The van der Waals surface area contributed by atoms with E-state index in [1.54, 1.807) is 6.92 Å². The van der Waals surface area contributed by atoms with Gasteiger partial charge < -0.3 is 18.8 Å². The van der Waals surface area contributed by atoms with Gasteiger partial charge in [-0.15, -0.1) is 0 Å². The average Bonchev–Trinajstić information content (AvgIpc) is 2.91. The molecular weight excluding hydrogens is 316 g/mol. The van der Waals surface area contributed by atoms with Crippen molar-refractivity contribution < 1.29 is 36.7 Å². The molecule has 2 fully saturated rings. The number of ether oxygens (including phenoxy) is 3. The maximum Gasteiger partial charge on any atom is 0.344 e. The van der Waals surface area contributed by atoms with E-state index in [4.69, 9.17) is 13.7 Å². The van der Waals surface area contributed by atoms with Crippen LogP contribution in [0.3, 0.4) is 0 Å². The van der Waals surface area contributed by atoms with Crippen molar-refractivity contribution in [3.05, 3.63) is 12.2 Å². The summed E-state index contributed by atoms with van der Waals surface area (Å²) >= 11 is -2.63. The molecule has 0 amide bonds. The van der Waals surface area contributed by atoms with Crippen molar-refractivity contribution in [2.45, 2.75) is 50.6 Å². The molecule has 2 saturated heterocycles. The zero-order valence-electron chi connectivity index (χ0n) is 12.2. The molecule has 2 heterocycles. The molecule has 0 spiro atoms. The molecule has 5 unspecified atom stereocenters. The molecule has 2 aliphatic heterocycles. The molecule has 22 heavy (non-hydrogen) atoms. The fourth-order valence-electron chi connectivity index (χ4n) is 2.64. The monoisotopic (exact) mass is 333 g/mol. The molecule has 0 aromatic heterocycles. The summed E-state index contributed by atoms with van der Waals surface area (Å²) in [6.07, 6.45) is -0.767. The molecule has 9 heteroatoms. The zero-order chi connectivity index (χ0) is 16.5. The number of fused-ring (bicyclic) bond motifs is 2. The lowest BCUT2D eigenvalue weighted by Gasteiger charge is -2.33. The Balaban J connectivity index is 1.81. The van der Waals surface area contributed by atoms with E-state index >= 15 is 0 Å². The van der Waals surface area contributed by atoms with Gasteiger partial charge in [0.25, 0.3) is 0 Å². The molecule has 2 bridgehead atoms. The van der Waals surface area contributed by atoms with Gasteiger partial charge in [-0.25, -0.2) is 13.8 Å². The standard InChI is InChI=1S/C13H18O8S/c1-7(2)12(15)18-6-11(14)20-8-4-10-13(3,21-22(16)17)5-9(8)19-10/h8-10H,1,4-6H2,2-3H3,(H,16,17)/p-1. The van der Waals surface area contributed by atoms with Crippen molar-refractivity contribution in [1.82, 2.24) is 0 Å². The molecule has 0 saturated carbocycles. The van der Waals surface area contributed by atoms with Gasteiger partial charge in [-0.3, -0.25) is 4.18 Å². The molecule has 0 aliphatic carbocycles. The van der Waals surface area contributed by atoms with Crippen molar-refractivity contribution in [3.8, 4) is 0 Å². The van der Waals surface area contributed by atoms with Gasteiger partial charge in [-0.2, -0.15) is 0 Å². The predicted octanol–water partition coefficient (Wildman–Crippen LogP) is 0.148. The van der Waals surface area contributed by atoms with E-state index in [0.717, 1.165) is 0 Å². The SMILES string of the molecule is C=C(C)C(=O)OCC(=O)OC1CC2OC1CC2(C)OS(=O)[O-]. The number of carbonyl (C=O) groups is 2. The van der Waals surface area contributed by atoms with Crippen molar-refractivity contribution >= 4 is 23.3 Å². The van der Waals surface area contributed by atoms with Gasteiger partial charge in [-0.05, 0) is 13.8 Å². The first-order valence-corrected chi connectivity index (χ1v) is 7.67. The van der Waals surface area contributed by atoms with Crippen LogP contribution in [0.2, 0.25) is 0 Å². The molecule has 124 valence electrons. The first-order valence-electron chi connectivity index (χ1n) is 6.67. The highest BCUT2D eigenvalue weighted by Crippen LogP contribution is 2.45. The molecule has 0 radical (unpaired) electrons. The minimum absolute atomic E-state index is 0.189. The maximum atomic E-state index is 11.6. The summed E-state index contributed by atoms with van der Waals surface area (Å²) in [6, 6.07) is 0. The second kappa shape index (κ2) is 6.45. The zero-order valence-corrected chi connectivity index (χ0v) is 13.1. The van der Waals surface area contributed by atoms with Gasteiger partial charge in [0.15, 0.2) is 6.61 Å². The van der Waals surface area contributed by atoms with Crippen LogP contribution in [-0.4, -0.2) is 51.2 Å². The maximum absolute atomic E-state index is 11.6. The normalized spacial score (nSPS) is 34.2. The molecule has 5 atom stereocenters. The first-order chi connectivity index (χ1) is 10.2. The van der Waals surface area contributed by atoms with Crippen LogP contribution >= 0.6 is 0 Å². The Kier molecular flexibility index (Phi) is 5.00. The smallest absolute Gasteiger partial charge is 0.344 e. The van der Waals surface area contributed by atoms with Crippen molar-refractivity contribution in [1.29, 1.82) is 0 Å². The fourth-order valence-corrected chi connectivity index (χ4v) is 3.12. The first kappa shape index (κ1) is 17.1. The van der Waals surface area contributed by atoms with E-state index in [0.29, 0.717) is 12.8 Å². The largest absolute Gasteiger partial charge is 0.750 e. The Labute approximate surface area is 130 Å². The summed E-state index contributed by atoms with van der Waals surface area (Å²) in [5, 5.41) is 0. The third-order valence-corrected chi connectivity index (χ3v) is 4.22. The van der Waals surface area contributed by atoms with E-state index in [-0.39, 0.29) is 5.57 Å². The molecule has 2 rings (SSSR count). The number of esters is 2. The molecule has 8 nitrogen and oxygen atoms in total. The summed E-state index contributed by atoms with van der Waals surface area (Å²) < 4.78 is 41.7. The fraction of sp³-hybridized carbons (Fsp3) is 0.692. The predicted molar refractivity (Wildman–Crippen MR) is 72.0 cm³/mol. The molecule has 2 aliphatic rings. The van der Waals surface area contributed by atoms with Gasteiger partial charge in [0.05, 0.1) is 23.6 Å². The lowest BCUT2D eigenvalue weighted by Crippen LogP contribution is -2.44. The Hall–Kier alpha value is -1.29. The highest BCUT2D eigenvalue weighted by atomic mass is 32.2. The summed E-state index contributed by atoms with van der Waals surface area (Å²) in [7, 11) is 0. The van der Waals surface area contributed by atoms with Crippen LogP contribution in [0.15, 0.2) is 12.2 Å². The highest BCUT2D eigenvalue weighted by molar-refractivity contribution is 7.74. The summed E-state index contributed by atoms with van der Waals surface area (Å²) in [6.45, 7) is 6.00. The van der Waals surface area contributed by atoms with E-state index in [9.17, 15) is 18.4 Å². The van der Waals surface area contributed by atoms with Crippen LogP contribution < -0.4 is 0 Å². The third kappa shape index (κ3) is 3.72. The number of rotatable bonds is 6. The number of hydrogen-bond donors (Lipinski definition) is 0. The second-order valence-electron chi connectivity index (χ2n) is 5.59. The quantitative estimate of drug-likeness (QED) is 0.383. The Bertz CT molecular complexity index is 518. The van der Waals surface area contributed by atoms with Crippen LogP contribution in [0, 0.1) is 0 Å². The average molecular weight is 333 g/mol. The van der Waals surface area contributed by atoms with Crippen LogP contribution in [-0.2, 0) is 39.3 Å². The number of carbonyl (C=O) groups excluding carboxylic acids is 2. The van der Waals surface area contributed by atoms with Crippen LogP contribution in [0.25, 0.3) is 0 Å². The van der Waals surface area contributed by atoms with Crippen molar-refractivity contribution in [2.24, 2.45) is 0 Å². The van der Waals surface area contributed by atoms with Gasteiger partial charge in [-0.1, -0.05) is 6.58 Å². The van der Waals surface area contributed by atoms with Gasteiger partial charge in [0.1, 0.15) is 11.7 Å². The Morgan fingerprint density at radius 3 is 2.68 bits per heavy atom. The van der Waals surface area contributed by atoms with E-state index < -0.39 is 53.8 Å². The van der Waals surface area contributed by atoms with Gasteiger partial charge in [0, 0.05) is 18.4 Å². The third-order valence-electron chi connectivity index (χ3n) is 3.70. The molecule has 0 N–H and O–H groups in total. The lowest BCUT2D eigenvalue weighted by molar-refractivity contribution is -0.162. The van der Waals surface area contributed by atoms with Crippen molar-refractivity contribution in [2.75, 3.05) is 6.61 Å². The van der Waals surface area contributed by atoms with E-state index in [2.05, 4.69) is 11.3 Å². The molecular formula is C13H17O8S-. The molecule has 0 aromatic carbocycles. The summed E-state index contributed by atoms with van der Waals surface area (Å²) in [5.41, 5.74) is -0.748. The van der Waals surface area contributed by atoms with Gasteiger partial charge >= 0.3 is 11.9 Å². The van der Waals surface area contributed by atoms with Crippen LogP contribution in [0.1, 0.15) is 26.7 Å². The summed E-state index contributed by atoms with van der Waals surface area (Å²) in [4.78, 5) is 22.8. The summed E-state index contributed by atoms with van der Waals surface area (Å²) in [5.74, 6) is -1.36. The Morgan fingerprint density at radius 1 is 1.50 bits per heavy atom. The minimum Gasteiger partial charge on any atom is -0.750 e. The van der Waals surface area contributed by atoms with E-state index in [1.165, 1.54) is 6.92 Å².